The fourth-order valence-corrected chi connectivity index (χ4v) is 6.50. The third-order valence-electron chi connectivity index (χ3n) is 8.42. The van der Waals surface area contributed by atoms with Gasteiger partial charge in [0.1, 0.15) is 0 Å². The minimum atomic E-state index is -0.656. The monoisotopic (exact) mass is 416 g/mol. The highest BCUT2D eigenvalue weighted by molar-refractivity contribution is 5.28. The molecular formula is C27H38F2O. The Morgan fingerprint density at radius 3 is 1.90 bits per heavy atom. The molecule has 166 valence electrons. The average molecular weight is 417 g/mol. The molecule has 0 bridgehead atoms. The zero-order valence-corrected chi connectivity index (χ0v) is 18.7. The van der Waals surface area contributed by atoms with Crippen molar-refractivity contribution in [3.8, 4) is 0 Å². The first-order chi connectivity index (χ1) is 14.6. The normalized spacial score (nSPS) is 35.6. The zero-order chi connectivity index (χ0) is 21.1. The van der Waals surface area contributed by atoms with Crippen LogP contribution in [0.25, 0.3) is 0 Å². The molecule has 30 heavy (non-hydrogen) atoms. The zero-order valence-electron chi connectivity index (χ0n) is 18.7. The number of aryl methyl sites for hydroxylation is 1. The number of hydrogen-bond acceptors (Lipinski definition) is 1. The summed E-state index contributed by atoms with van der Waals surface area (Å²) >= 11 is 0. The first-order valence-corrected chi connectivity index (χ1v) is 12.3. The lowest BCUT2D eigenvalue weighted by Gasteiger charge is -2.41. The quantitative estimate of drug-likeness (QED) is 0.456. The number of rotatable bonds is 4. The maximum atomic E-state index is 14.4. The van der Waals surface area contributed by atoms with Crippen LogP contribution in [0.3, 0.4) is 0 Å². The Morgan fingerprint density at radius 2 is 1.33 bits per heavy atom. The molecule has 3 aliphatic rings. The third kappa shape index (κ3) is 4.82. The Balaban J connectivity index is 1.24. The predicted octanol–water partition coefficient (Wildman–Crippen LogP) is 7.72. The molecule has 1 saturated heterocycles. The molecule has 2 saturated carbocycles. The number of ether oxygens (including phenoxy) is 1. The van der Waals surface area contributed by atoms with E-state index < -0.39 is 11.6 Å². The number of benzene rings is 1. The second-order valence-electron chi connectivity index (χ2n) is 10.1. The highest BCUT2D eigenvalue weighted by Crippen LogP contribution is 2.46. The summed E-state index contributed by atoms with van der Waals surface area (Å²) in [6.07, 6.45) is 16.9. The van der Waals surface area contributed by atoms with E-state index in [9.17, 15) is 8.78 Å². The van der Waals surface area contributed by atoms with Crippen molar-refractivity contribution < 1.29 is 13.5 Å². The van der Waals surface area contributed by atoms with E-state index in [0.717, 1.165) is 43.1 Å². The molecule has 3 heteroatoms. The summed E-state index contributed by atoms with van der Waals surface area (Å²) in [7, 11) is 0. The summed E-state index contributed by atoms with van der Waals surface area (Å²) < 4.78 is 34.4. The van der Waals surface area contributed by atoms with Gasteiger partial charge < -0.3 is 4.74 Å². The molecule has 1 aromatic carbocycles. The highest BCUT2D eigenvalue weighted by atomic mass is 19.2. The van der Waals surface area contributed by atoms with Crippen LogP contribution in [-0.4, -0.2) is 12.7 Å². The first kappa shape index (κ1) is 22.0. The standard InChI is InChI=1S/C27H38F2O/c1-3-4-24-15-14-23(17-30-24)21-8-6-19(7-9-21)20-10-12-22(13-11-20)25-16-5-18(2)26(28)27(25)29/h3-5,16,19-24H,6-15,17H2,1-2H3/t19?,20?,21?,22?,23-,24?/m1/s1. The Bertz CT molecular complexity index is 719. The highest BCUT2D eigenvalue weighted by Gasteiger charge is 2.35. The van der Waals surface area contributed by atoms with Crippen LogP contribution >= 0.6 is 0 Å². The van der Waals surface area contributed by atoms with E-state index in [1.54, 1.807) is 13.0 Å². The molecule has 4 rings (SSSR count). The van der Waals surface area contributed by atoms with Gasteiger partial charge in [0.15, 0.2) is 11.6 Å². The van der Waals surface area contributed by atoms with Crippen molar-refractivity contribution in [2.75, 3.05) is 6.61 Å². The van der Waals surface area contributed by atoms with Gasteiger partial charge in [0.25, 0.3) is 0 Å². The number of halogens is 2. The molecule has 1 nitrogen and oxygen atoms in total. The van der Waals surface area contributed by atoms with Gasteiger partial charge in [-0.1, -0.05) is 24.3 Å². The Hall–Kier alpha value is -1.22. The maximum absolute atomic E-state index is 14.4. The number of hydrogen-bond donors (Lipinski definition) is 0. The molecule has 1 unspecified atom stereocenters. The average Bonchev–Trinajstić information content (AvgIpc) is 2.79. The van der Waals surface area contributed by atoms with Gasteiger partial charge in [-0.3, -0.25) is 0 Å². The van der Waals surface area contributed by atoms with Gasteiger partial charge in [-0.05, 0) is 119 Å². The molecule has 1 heterocycles. The first-order valence-electron chi connectivity index (χ1n) is 12.3. The van der Waals surface area contributed by atoms with Gasteiger partial charge in [-0.25, -0.2) is 8.78 Å². The maximum Gasteiger partial charge on any atom is 0.162 e. The fraction of sp³-hybridized carbons (Fsp3) is 0.704. The molecule has 2 aliphatic carbocycles. The van der Waals surface area contributed by atoms with Crippen molar-refractivity contribution in [1.82, 2.24) is 0 Å². The molecular weight excluding hydrogens is 378 g/mol. The minimum Gasteiger partial charge on any atom is -0.374 e. The summed E-state index contributed by atoms with van der Waals surface area (Å²) in [5, 5.41) is 0. The second-order valence-corrected chi connectivity index (χ2v) is 10.1. The van der Waals surface area contributed by atoms with Crippen molar-refractivity contribution in [3.05, 3.63) is 47.0 Å². The van der Waals surface area contributed by atoms with Crippen LogP contribution in [0, 0.1) is 42.2 Å². The van der Waals surface area contributed by atoms with Crippen LogP contribution in [0.15, 0.2) is 24.3 Å². The summed E-state index contributed by atoms with van der Waals surface area (Å²) in [4.78, 5) is 0. The van der Waals surface area contributed by atoms with Gasteiger partial charge in [0.2, 0.25) is 0 Å². The van der Waals surface area contributed by atoms with E-state index in [-0.39, 0.29) is 5.92 Å². The second kappa shape index (κ2) is 9.94. The van der Waals surface area contributed by atoms with Crippen molar-refractivity contribution in [2.45, 2.75) is 90.1 Å². The summed E-state index contributed by atoms with van der Waals surface area (Å²) in [6, 6.07) is 3.55. The summed E-state index contributed by atoms with van der Waals surface area (Å²) in [5.74, 6) is 2.14. The van der Waals surface area contributed by atoms with E-state index in [1.165, 1.54) is 51.4 Å². The van der Waals surface area contributed by atoms with Crippen LogP contribution in [0.2, 0.25) is 0 Å². The van der Waals surface area contributed by atoms with Crippen molar-refractivity contribution in [3.63, 3.8) is 0 Å². The van der Waals surface area contributed by atoms with Crippen LogP contribution in [0.5, 0.6) is 0 Å². The third-order valence-corrected chi connectivity index (χ3v) is 8.42. The van der Waals surface area contributed by atoms with E-state index >= 15 is 0 Å². The predicted molar refractivity (Wildman–Crippen MR) is 119 cm³/mol. The smallest absolute Gasteiger partial charge is 0.162 e. The minimum absolute atomic E-state index is 0.192. The molecule has 0 spiro atoms. The molecule has 0 radical (unpaired) electrons. The van der Waals surface area contributed by atoms with Gasteiger partial charge >= 0.3 is 0 Å². The van der Waals surface area contributed by atoms with Crippen LogP contribution < -0.4 is 0 Å². The molecule has 3 fully saturated rings. The summed E-state index contributed by atoms with van der Waals surface area (Å²) in [6.45, 7) is 4.64. The topological polar surface area (TPSA) is 9.23 Å². The summed E-state index contributed by atoms with van der Waals surface area (Å²) in [5.41, 5.74) is 1.01. The van der Waals surface area contributed by atoms with E-state index in [1.807, 2.05) is 6.07 Å². The molecule has 1 aliphatic heterocycles. The van der Waals surface area contributed by atoms with Crippen molar-refractivity contribution >= 4 is 0 Å². The van der Waals surface area contributed by atoms with Crippen molar-refractivity contribution in [1.29, 1.82) is 0 Å². The lowest BCUT2D eigenvalue weighted by molar-refractivity contribution is -0.0190. The fourth-order valence-electron chi connectivity index (χ4n) is 6.50. The van der Waals surface area contributed by atoms with Crippen molar-refractivity contribution in [2.24, 2.45) is 23.7 Å². The number of allylic oxidation sites excluding steroid dienone is 1. The lowest BCUT2D eigenvalue weighted by Crippen LogP contribution is -2.33. The molecule has 0 N–H and O–H groups in total. The molecule has 2 atom stereocenters. The van der Waals surface area contributed by atoms with E-state index in [0.29, 0.717) is 17.2 Å². The molecule has 0 aromatic heterocycles. The van der Waals surface area contributed by atoms with Gasteiger partial charge in [-0.15, -0.1) is 0 Å². The van der Waals surface area contributed by atoms with Crippen LogP contribution in [0.4, 0.5) is 8.78 Å². The van der Waals surface area contributed by atoms with E-state index in [2.05, 4.69) is 19.1 Å². The lowest BCUT2D eigenvalue weighted by atomic mass is 9.66. The Labute approximate surface area is 181 Å². The largest absolute Gasteiger partial charge is 0.374 e. The SMILES string of the molecule is CC=CC1CC[C@@H](C2CCC(C3CCC(c4ccc(C)c(F)c4F)CC3)CC2)CO1. The van der Waals surface area contributed by atoms with Gasteiger partial charge in [-0.2, -0.15) is 0 Å². The van der Waals surface area contributed by atoms with E-state index in [4.69, 9.17) is 4.74 Å². The molecule has 1 aromatic rings. The van der Waals surface area contributed by atoms with Crippen LogP contribution in [0.1, 0.15) is 88.2 Å². The Morgan fingerprint density at radius 1 is 0.767 bits per heavy atom. The molecule has 0 amide bonds. The van der Waals surface area contributed by atoms with Crippen LogP contribution in [-0.2, 0) is 4.74 Å². The van der Waals surface area contributed by atoms with Gasteiger partial charge in [0.05, 0.1) is 12.7 Å². The Kier molecular flexibility index (Phi) is 7.28. The van der Waals surface area contributed by atoms with Gasteiger partial charge in [0, 0.05) is 0 Å².